The third-order valence-corrected chi connectivity index (χ3v) is 4.19. The van der Waals surface area contributed by atoms with Crippen LogP contribution in [0.5, 0.6) is 0 Å². The van der Waals surface area contributed by atoms with Crippen molar-refractivity contribution in [1.82, 2.24) is 4.90 Å². The molecule has 0 unspecified atom stereocenters. The van der Waals surface area contributed by atoms with Crippen LogP contribution in [0.4, 0.5) is 5.69 Å². The molecule has 0 N–H and O–H groups in total. The standard InChI is InChI=1S/C16H16N2O/c19-16-13-7-3-5-12-6-4-8-14(15(12)13)18(16)11-17-9-1-2-10-17/h3-8H,1-2,9-11H2. The van der Waals surface area contributed by atoms with Crippen LogP contribution in [0, 0.1) is 0 Å². The molecule has 2 aromatic carbocycles. The zero-order valence-electron chi connectivity index (χ0n) is 10.8. The van der Waals surface area contributed by atoms with Crippen molar-refractivity contribution in [1.29, 1.82) is 0 Å². The molecule has 0 aromatic heterocycles. The lowest BCUT2D eigenvalue weighted by molar-refractivity contribution is 0.0978. The summed E-state index contributed by atoms with van der Waals surface area (Å²) in [6.07, 6.45) is 2.50. The molecule has 0 bridgehead atoms. The quantitative estimate of drug-likeness (QED) is 0.820. The summed E-state index contributed by atoms with van der Waals surface area (Å²) < 4.78 is 0. The molecule has 0 atom stereocenters. The highest BCUT2D eigenvalue weighted by Crippen LogP contribution is 2.37. The van der Waals surface area contributed by atoms with Crippen LogP contribution in [-0.2, 0) is 0 Å². The first-order valence-corrected chi connectivity index (χ1v) is 6.90. The number of rotatable bonds is 2. The summed E-state index contributed by atoms with van der Waals surface area (Å²) in [5, 5.41) is 2.28. The Balaban J connectivity index is 1.79. The van der Waals surface area contributed by atoms with Crippen molar-refractivity contribution in [3.05, 3.63) is 42.0 Å². The van der Waals surface area contributed by atoms with Crippen LogP contribution in [0.25, 0.3) is 10.8 Å². The number of hydrogen-bond donors (Lipinski definition) is 0. The fraction of sp³-hybridized carbons (Fsp3) is 0.312. The normalized spacial score (nSPS) is 18.7. The lowest BCUT2D eigenvalue weighted by atomic mass is 10.1. The van der Waals surface area contributed by atoms with Gasteiger partial charge >= 0.3 is 0 Å². The summed E-state index contributed by atoms with van der Waals surface area (Å²) in [4.78, 5) is 16.9. The maximum atomic E-state index is 12.6. The molecule has 0 saturated carbocycles. The first-order valence-electron chi connectivity index (χ1n) is 6.90. The number of likely N-dealkylation sites (tertiary alicyclic amines) is 1. The van der Waals surface area contributed by atoms with E-state index in [4.69, 9.17) is 0 Å². The summed E-state index contributed by atoms with van der Waals surface area (Å²) in [6, 6.07) is 12.2. The zero-order chi connectivity index (χ0) is 12.8. The predicted molar refractivity (Wildman–Crippen MR) is 76.4 cm³/mol. The van der Waals surface area contributed by atoms with Crippen LogP contribution >= 0.6 is 0 Å². The summed E-state index contributed by atoms with van der Waals surface area (Å²) in [7, 11) is 0. The second kappa shape index (κ2) is 4.07. The van der Waals surface area contributed by atoms with Gasteiger partial charge < -0.3 is 0 Å². The van der Waals surface area contributed by atoms with Crippen molar-refractivity contribution >= 4 is 22.4 Å². The van der Waals surface area contributed by atoms with Crippen LogP contribution in [0.15, 0.2) is 36.4 Å². The second-order valence-corrected chi connectivity index (χ2v) is 5.38. The number of carbonyl (C=O) groups excluding carboxylic acids is 1. The number of anilines is 1. The minimum absolute atomic E-state index is 0.152. The van der Waals surface area contributed by atoms with Gasteiger partial charge in [0.2, 0.25) is 0 Å². The molecule has 3 heteroatoms. The molecule has 96 valence electrons. The van der Waals surface area contributed by atoms with Crippen molar-refractivity contribution in [2.24, 2.45) is 0 Å². The SMILES string of the molecule is O=C1c2cccc3cccc(c23)N1CN1CCCC1. The Hall–Kier alpha value is -1.87. The van der Waals surface area contributed by atoms with Gasteiger partial charge in [-0.2, -0.15) is 0 Å². The van der Waals surface area contributed by atoms with Crippen LogP contribution in [0.1, 0.15) is 23.2 Å². The van der Waals surface area contributed by atoms with Gasteiger partial charge in [-0.1, -0.05) is 24.3 Å². The van der Waals surface area contributed by atoms with Crippen LogP contribution in [-0.4, -0.2) is 30.6 Å². The Bertz CT molecular complexity index is 654. The highest BCUT2D eigenvalue weighted by Gasteiger charge is 2.30. The molecule has 0 radical (unpaired) electrons. The highest BCUT2D eigenvalue weighted by molar-refractivity contribution is 6.24. The highest BCUT2D eigenvalue weighted by atomic mass is 16.2. The van der Waals surface area contributed by atoms with Crippen molar-refractivity contribution in [3.8, 4) is 0 Å². The van der Waals surface area contributed by atoms with Crippen LogP contribution in [0.2, 0.25) is 0 Å². The van der Waals surface area contributed by atoms with Gasteiger partial charge in [0.05, 0.1) is 12.4 Å². The van der Waals surface area contributed by atoms with Crippen LogP contribution in [0.3, 0.4) is 0 Å². The molecule has 1 amide bonds. The second-order valence-electron chi connectivity index (χ2n) is 5.38. The summed E-state index contributed by atoms with van der Waals surface area (Å²) in [6.45, 7) is 2.94. The number of hydrogen-bond acceptors (Lipinski definition) is 2. The first-order chi connectivity index (χ1) is 9.34. The number of amides is 1. The third-order valence-electron chi connectivity index (χ3n) is 4.19. The Morgan fingerprint density at radius 1 is 1.00 bits per heavy atom. The maximum Gasteiger partial charge on any atom is 0.260 e. The van der Waals surface area contributed by atoms with E-state index in [0.29, 0.717) is 0 Å². The molecule has 1 fully saturated rings. The molecular weight excluding hydrogens is 236 g/mol. The molecule has 19 heavy (non-hydrogen) atoms. The Kier molecular flexibility index (Phi) is 2.35. The van der Waals surface area contributed by atoms with E-state index in [1.54, 1.807) is 0 Å². The van der Waals surface area contributed by atoms with E-state index in [2.05, 4.69) is 23.1 Å². The molecule has 0 aliphatic carbocycles. The van der Waals surface area contributed by atoms with E-state index < -0.39 is 0 Å². The van der Waals surface area contributed by atoms with Gasteiger partial charge in [0.1, 0.15) is 0 Å². The van der Waals surface area contributed by atoms with Gasteiger partial charge in [0.15, 0.2) is 0 Å². The summed E-state index contributed by atoms with van der Waals surface area (Å²) >= 11 is 0. The number of benzene rings is 2. The van der Waals surface area contributed by atoms with Gasteiger partial charge in [0, 0.05) is 10.9 Å². The molecule has 2 aliphatic rings. The van der Waals surface area contributed by atoms with Crippen molar-refractivity contribution in [2.75, 3.05) is 24.7 Å². The van der Waals surface area contributed by atoms with Crippen molar-refractivity contribution in [2.45, 2.75) is 12.8 Å². The minimum Gasteiger partial charge on any atom is -0.294 e. The lowest BCUT2D eigenvalue weighted by Gasteiger charge is -2.24. The maximum absolute atomic E-state index is 12.6. The van der Waals surface area contributed by atoms with E-state index in [0.717, 1.165) is 41.8 Å². The smallest absolute Gasteiger partial charge is 0.260 e. The van der Waals surface area contributed by atoms with Crippen molar-refractivity contribution in [3.63, 3.8) is 0 Å². The topological polar surface area (TPSA) is 23.6 Å². The summed E-state index contributed by atoms with van der Waals surface area (Å²) in [5.41, 5.74) is 1.93. The average molecular weight is 252 g/mol. The van der Waals surface area contributed by atoms with Gasteiger partial charge in [-0.25, -0.2) is 0 Å². The Morgan fingerprint density at radius 3 is 2.53 bits per heavy atom. The third kappa shape index (κ3) is 1.58. The molecule has 2 aromatic rings. The molecule has 2 heterocycles. The Labute approximate surface area is 112 Å². The number of nitrogens with zero attached hydrogens (tertiary/aromatic N) is 2. The lowest BCUT2D eigenvalue weighted by Crippen LogP contribution is -2.38. The van der Waals surface area contributed by atoms with E-state index in [1.165, 1.54) is 12.8 Å². The summed E-state index contributed by atoms with van der Waals surface area (Å²) in [5.74, 6) is 0.152. The molecular formula is C16H16N2O. The van der Waals surface area contributed by atoms with Gasteiger partial charge in [-0.15, -0.1) is 0 Å². The van der Waals surface area contributed by atoms with E-state index in [1.807, 2.05) is 23.1 Å². The fourth-order valence-electron chi connectivity index (χ4n) is 3.24. The van der Waals surface area contributed by atoms with Gasteiger partial charge in [0.25, 0.3) is 5.91 Å². The van der Waals surface area contributed by atoms with Gasteiger partial charge in [-0.3, -0.25) is 14.6 Å². The Morgan fingerprint density at radius 2 is 1.74 bits per heavy atom. The molecule has 1 saturated heterocycles. The monoisotopic (exact) mass is 252 g/mol. The largest absolute Gasteiger partial charge is 0.294 e. The number of carbonyl (C=O) groups is 1. The molecule has 0 spiro atoms. The first kappa shape index (κ1) is 11.0. The molecule has 2 aliphatic heterocycles. The zero-order valence-corrected chi connectivity index (χ0v) is 10.8. The van der Waals surface area contributed by atoms with Crippen LogP contribution < -0.4 is 4.90 Å². The molecule has 3 nitrogen and oxygen atoms in total. The minimum atomic E-state index is 0.152. The fourth-order valence-corrected chi connectivity index (χ4v) is 3.24. The van der Waals surface area contributed by atoms with E-state index >= 15 is 0 Å². The van der Waals surface area contributed by atoms with Gasteiger partial charge in [-0.05, 0) is 43.5 Å². The predicted octanol–water partition coefficient (Wildman–Crippen LogP) is 2.85. The molecule has 4 rings (SSSR count). The van der Waals surface area contributed by atoms with Crippen molar-refractivity contribution < 1.29 is 4.79 Å². The average Bonchev–Trinajstić information content (AvgIpc) is 3.04. The van der Waals surface area contributed by atoms with E-state index in [-0.39, 0.29) is 5.91 Å². The van der Waals surface area contributed by atoms with E-state index in [9.17, 15) is 4.79 Å².